The molecule has 3 aromatic rings. The van der Waals surface area contributed by atoms with E-state index in [1.807, 2.05) is 66.7 Å². The van der Waals surface area contributed by atoms with Crippen LogP contribution in [0.15, 0.2) is 72.8 Å². The number of ether oxygens (including phenoxy) is 1. The standard InChI is InChI=1S/C18H16N2O/c19-14-8-11-18(20)17(12-14)13-6-9-16(10-7-13)21-15-4-2-1-3-5-15/h1-12H,19-20H2. The minimum Gasteiger partial charge on any atom is -0.457 e. The van der Waals surface area contributed by atoms with Gasteiger partial charge in [0.2, 0.25) is 0 Å². The fraction of sp³-hybridized carbons (Fsp3) is 0. The molecule has 3 rings (SSSR count). The van der Waals surface area contributed by atoms with Crippen LogP contribution >= 0.6 is 0 Å². The summed E-state index contributed by atoms with van der Waals surface area (Å²) in [7, 11) is 0. The Hall–Kier alpha value is -2.94. The Morgan fingerprint density at radius 2 is 1.33 bits per heavy atom. The number of nitrogens with two attached hydrogens (primary N) is 2. The van der Waals surface area contributed by atoms with Crippen LogP contribution in [0.4, 0.5) is 11.4 Å². The van der Waals surface area contributed by atoms with Gasteiger partial charge < -0.3 is 16.2 Å². The SMILES string of the molecule is Nc1ccc(N)c(-c2ccc(Oc3ccccc3)cc2)c1. The Balaban J connectivity index is 1.85. The molecular formula is C18H16N2O. The average Bonchev–Trinajstić information content (AvgIpc) is 2.52. The van der Waals surface area contributed by atoms with Crippen molar-refractivity contribution in [2.45, 2.75) is 0 Å². The lowest BCUT2D eigenvalue weighted by molar-refractivity contribution is 0.483. The van der Waals surface area contributed by atoms with Gasteiger partial charge in [0.25, 0.3) is 0 Å². The molecule has 21 heavy (non-hydrogen) atoms. The number of para-hydroxylation sites is 1. The van der Waals surface area contributed by atoms with Gasteiger partial charge in [0, 0.05) is 16.9 Å². The molecule has 0 saturated heterocycles. The van der Waals surface area contributed by atoms with E-state index in [9.17, 15) is 0 Å². The van der Waals surface area contributed by atoms with E-state index in [0.717, 1.165) is 22.6 Å². The highest BCUT2D eigenvalue weighted by atomic mass is 16.5. The van der Waals surface area contributed by atoms with E-state index in [2.05, 4.69) is 0 Å². The van der Waals surface area contributed by atoms with Crippen molar-refractivity contribution in [1.29, 1.82) is 0 Å². The molecule has 3 nitrogen and oxygen atoms in total. The number of hydrogen-bond donors (Lipinski definition) is 2. The third-order valence-electron chi connectivity index (χ3n) is 3.22. The highest BCUT2D eigenvalue weighted by molar-refractivity contribution is 5.79. The van der Waals surface area contributed by atoms with Crippen LogP contribution < -0.4 is 16.2 Å². The minimum absolute atomic E-state index is 0.698. The fourth-order valence-corrected chi connectivity index (χ4v) is 2.15. The lowest BCUT2D eigenvalue weighted by Gasteiger charge is -2.09. The summed E-state index contributed by atoms with van der Waals surface area (Å²) < 4.78 is 5.77. The van der Waals surface area contributed by atoms with Gasteiger partial charge in [-0.15, -0.1) is 0 Å². The largest absolute Gasteiger partial charge is 0.457 e. The van der Waals surface area contributed by atoms with Gasteiger partial charge in [-0.05, 0) is 48.0 Å². The molecule has 0 aliphatic heterocycles. The first kappa shape index (κ1) is 13.1. The summed E-state index contributed by atoms with van der Waals surface area (Å²) in [5, 5.41) is 0. The summed E-state index contributed by atoms with van der Waals surface area (Å²) in [5.41, 5.74) is 15.2. The summed E-state index contributed by atoms with van der Waals surface area (Å²) in [6, 6.07) is 23.0. The van der Waals surface area contributed by atoms with Crippen LogP contribution in [0.25, 0.3) is 11.1 Å². The molecule has 0 amide bonds. The summed E-state index contributed by atoms with van der Waals surface area (Å²) >= 11 is 0. The van der Waals surface area contributed by atoms with Gasteiger partial charge in [-0.2, -0.15) is 0 Å². The molecule has 0 spiro atoms. The monoisotopic (exact) mass is 276 g/mol. The first-order valence-corrected chi connectivity index (χ1v) is 6.71. The van der Waals surface area contributed by atoms with Crippen LogP contribution in [-0.4, -0.2) is 0 Å². The Bertz CT molecular complexity index is 737. The van der Waals surface area contributed by atoms with E-state index in [1.165, 1.54) is 0 Å². The van der Waals surface area contributed by atoms with Crippen LogP contribution in [0, 0.1) is 0 Å². The molecule has 104 valence electrons. The van der Waals surface area contributed by atoms with Crippen molar-refractivity contribution in [2.75, 3.05) is 11.5 Å². The molecule has 0 aliphatic carbocycles. The van der Waals surface area contributed by atoms with E-state index in [0.29, 0.717) is 11.4 Å². The van der Waals surface area contributed by atoms with Gasteiger partial charge in [-0.3, -0.25) is 0 Å². The van der Waals surface area contributed by atoms with Gasteiger partial charge >= 0.3 is 0 Å². The number of rotatable bonds is 3. The molecule has 3 aromatic carbocycles. The van der Waals surface area contributed by atoms with Crippen LogP contribution in [0.3, 0.4) is 0 Å². The number of nitrogen functional groups attached to an aromatic ring is 2. The van der Waals surface area contributed by atoms with Crippen LogP contribution in [0.2, 0.25) is 0 Å². The van der Waals surface area contributed by atoms with Crippen molar-refractivity contribution < 1.29 is 4.74 Å². The summed E-state index contributed by atoms with van der Waals surface area (Å²) in [6.45, 7) is 0. The molecular weight excluding hydrogens is 260 g/mol. The van der Waals surface area contributed by atoms with Crippen LogP contribution in [0.5, 0.6) is 11.5 Å². The van der Waals surface area contributed by atoms with Crippen molar-refractivity contribution in [2.24, 2.45) is 0 Å². The zero-order chi connectivity index (χ0) is 14.7. The number of anilines is 2. The average molecular weight is 276 g/mol. The van der Waals surface area contributed by atoms with Crippen molar-refractivity contribution in [3.8, 4) is 22.6 Å². The van der Waals surface area contributed by atoms with Gasteiger partial charge in [-0.25, -0.2) is 0 Å². The smallest absolute Gasteiger partial charge is 0.127 e. The molecule has 0 aromatic heterocycles. The molecule has 0 heterocycles. The van der Waals surface area contributed by atoms with Crippen LogP contribution in [-0.2, 0) is 0 Å². The molecule has 0 saturated carbocycles. The molecule has 0 bridgehead atoms. The summed E-state index contributed by atoms with van der Waals surface area (Å²) in [5.74, 6) is 1.60. The minimum atomic E-state index is 0.698. The lowest BCUT2D eigenvalue weighted by Crippen LogP contribution is -1.93. The van der Waals surface area contributed by atoms with Crippen molar-refractivity contribution in [1.82, 2.24) is 0 Å². The molecule has 0 fully saturated rings. The van der Waals surface area contributed by atoms with E-state index in [1.54, 1.807) is 6.07 Å². The van der Waals surface area contributed by atoms with E-state index >= 15 is 0 Å². The lowest BCUT2D eigenvalue weighted by atomic mass is 10.0. The zero-order valence-corrected chi connectivity index (χ0v) is 11.5. The topological polar surface area (TPSA) is 61.3 Å². The summed E-state index contributed by atoms with van der Waals surface area (Å²) in [4.78, 5) is 0. The highest BCUT2D eigenvalue weighted by Crippen LogP contribution is 2.30. The predicted molar refractivity (Wildman–Crippen MR) is 87.2 cm³/mol. The van der Waals surface area contributed by atoms with Crippen molar-refractivity contribution in [3.05, 3.63) is 72.8 Å². The second kappa shape index (κ2) is 5.59. The third kappa shape index (κ3) is 2.98. The third-order valence-corrected chi connectivity index (χ3v) is 3.22. The van der Waals surface area contributed by atoms with Gasteiger partial charge in [0.15, 0.2) is 0 Å². The maximum absolute atomic E-state index is 6.00. The van der Waals surface area contributed by atoms with Crippen molar-refractivity contribution in [3.63, 3.8) is 0 Å². The first-order chi connectivity index (χ1) is 10.2. The van der Waals surface area contributed by atoms with E-state index in [-0.39, 0.29) is 0 Å². The summed E-state index contributed by atoms with van der Waals surface area (Å²) in [6.07, 6.45) is 0. The molecule has 4 N–H and O–H groups in total. The van der Waals surface area contributed by atoms with Gasteiger partial charge in [0.05, 0.1) is 0 Å². The zero-order valence-electron chi connectivity index (χ0n) is 11.5. The van der Waals surface area contributed by atoms with Gasteiger partial charge in [0.1, 0.15) is 11.5 Å². The first-order valence-electron chi connectivity index (χ1n) is 6.71. The normalized spacial score (nSPS) is 10.3. The van der Waals surface area contributed by atoms with E-state index in [4.69, 9.17) is 16.2 Å². The number of benzene rings is 3. The Kier molecular flexibility index (Phi) is 3.48. The van der Waals surface area contributed by atoms with E-state index < -0.39 is 0 Å². The maximum atomic E-state index is 6.00. The predicted octanol–water partition coefficient (Wildman–Crippen LogP) is 4.31. The quantitative estimate of drug-likeness (QED) is 0.701. The second-order valence-electron chi connectivity index (χ2n) is 4.79. The highest BCUT2D eigenvalue weighted by Gasteiger charge is 2.04. The molecule has 0 aliphatic rings. The molecule has 0 radical (unpaired) electrons. The number of hydrogen-bond acceptors (Lipinski definition) is 3. The maximum Gasteiger partial charge on any atom is 0.127 e. The van der Waals surface area contributed by atoms with Gasteiger partial charge in [-0.1, -0.05) is 30.3 Å². The second-order valence-corrected chi connectivity index (χ2v) is 4.79. The fourth-order valence-electron chi connectivity index (χ4n) is 2.15. The molecule has 0 unspecified atom stereocenters. The molecule has 0 atom stereocenters. The Morgan fingerprint density at radius 3 is 2.05 bits per heavy atom. The Labute approximate surface area is 123 Å². The van der Waals surface area contributed by atoms with Crippen LogP contribution in [0.1, 0.15) is 0 Å². The molecule has 3 heteroatoms. The Morgan fingerprint density at radius 1 is 0.667 bits per heavy atom. The van der Waals surface area contributed by atoms with Crippen molar-refractivity contribution >= 4 is 11.4 Å².